The van der Waals surface area contributed by atoms with Gasteiger partial charge in [0.05, 0.1) is 0 Å². The first-order chi connectivity index (χ1) is 6.77. The van der Waals surface area contributed by atoms with Gasteiger partial charge >= 0.3 is 0 Å². The Bertz CT molecular complexity index is 348. The van der Waals surface area contributed by atoms with Gasteiger partial charge in [0.15, 0.2) is 11.6 Å². The molecule has 1 aromatic heterocycles. The van der Waals surface area contributed by atoms with Crippen LogP contribution in [0, 0.1) is 5.92 Å². The molecule has 4 heteroatoms. The monoisotopic (exact) mass is 192 g/mol. The summed E-state index contributed by atoms with van der Waals surface area (Å²) in [7, 11) is 0. The summed E-state index contributed by atoms with van der Waals surface area (Å²) in [5.74, 6) is 0.339. The lowest BCUT2D eigenvalue weighted by Gasteiger charge is -2.23. The van der Waals surface area contributed by atoms with E-state index in [1.807, 2.05) is 0 Å². The fraction of sp³-hybridized carbons (Fsp3) is 0.400. The summed E-state index contributed by atoms with van der Waals surface area (Å²) in [5.41, 5.74) is 0. The first-order valence-electron chi connectivity index (χ1n) is 4.72. The van der Waals surface area contributed by atoms with Gasteiger partial charge in [-0.1, -0.05) is 6.42 Å². The van der Waals surface area contributed by atoms with Crippen molar-refractivity contribution in [3.8, 4) is 5.75 Å². The fourth-order valence-corrected chi connectivity index (χ4v) is 1.38. The Morgan fingerprint density at radius 1 is 1.57 bits per heavy atom. The molecule has 1 aliphatic carbocycles. The number of nitrogens with zero attached hydrogens (tertiary/aromatic N) is 1. The van der Waals surface area contributed by atoms with E-state index in [-0.39, 0.29) is 23.4 Å². The average Bonchev–Trinajstić information content (AvgIpc) is 2.05. The Morgan fingerprint density at radius 2 is 2.36 bits per heavy atom. The Kier molecular flexibility index (Phi) is 2.35. The number of anilines is 1. The number of carbonyl (C=O) groups excluding carboxylic acids is 1. The minimum atomic E-state index is -0.0368. The Balaban J connectivity index is 2.03. The van der Waals surface area contributed by atoms with Crippen molar-refractivity contribution in [2.75, 3.05) is 5.32 Å². The summed E-state index contributed by atoms with van der Waals surface area (Å²) in [4.78, 5) is 15.4. The zero-order valence-corrected chi connectivity index (χ0v) is 7.73. The van der Waals surface area contributed by atoms with Gasteiger partial charge in [-0.2, -0.15) is 0 Å². The Morgan fingerprint density at radius 3 is 2.93 bits per heavy atom. The van der Waals surface area contributed by atoms with E-state index in [1.54, 1.807) is 6.07 Å². The van der Waals surface area contributed by atoms with Crippen molar-refractivity contribution in [1.29, 1.82) is 0 Å². The molecule has 0 spiro atoms. The number of carbonyl (C=O) groups is 1. The van der Waals surface area contributed by atoms with Crippen molar-refractivity contribution in [2.24, 2.45) is 5.92 Å². The van der Waals surface area contributed by atoms with Gasteiger partial charge in [0, 0.05) is 12.1 Å². The molecule has 14 heavy (non-hydrogen) atoms. The highest BCUT2D eigenvalue weighted by Crippen LogP contribution is 2.28. The van der Waals surface area contributed by atoms with Crippen molar-refractivity contribution >= 4 is 11.7 Å². The predicted octanol–water partition coefficient (Wildman–Crippen LogP) is 1.53. The molecule has 0 unspecified atom stereocenters. The quantitative estimate of drug-likeness (QED) is 0.746. The molecule has 1 fully saturated rings. The van der Waals surface area contributed by atoms with E-state index in [4.69, 9.17) is 0 Å². The van der Waals surface area contributed by atoms with Gasteiger partial charge in [-0.3, -0.25) is 4.79 Å². The van der Waals surface area contributed by atoms with Crippen molar-refractivity contribution in [2.45, 2.75) is 19.3 Å². The van der Waals surface area contributed by atoms with E-state index in [0.717, 1.165) is 19.3 Å². The van der Waals surface area contributed by atoms with E-state index in [2.05, 4.69) is 10.3 Å². The summed E-state index contributed by atoms with van der Waals surface area (Å²) >= 11 is 0. The van der Waals surface area contributed by atoms with Gasteiger partial charge in [0.2, 0.25) is 5.91 Å². The number of hydrogen-bond donors (Lipinski definition) is 2. The topological polar surface area (TPSA) is 62.2 Å². The lowest BCUT2D eigenvalue weighted by molar-refractivity contribution is -0.122. The summed E-state index contributed by atoms with van der Waals surface area (Å²) in [6, 6.07) is 3.12. The summed E-state index contributed by atoms with van der Waals surface area (Å²) in [6.07, 6.45) is 4.54. The molecule has 2 N–H and O–H groups in total. The van der Waals surface area contributed by atoms with Gasteiger partial charge in [-0.25, -0.2) is 4.98 Å². The zero-order chi connectivity index (χ0) is 9.97. The van der Waals surface area contributed by atoms with Gasteiger partial charge in [0.1, 0.15) is 0 Å². The maximum absolute atomic E-state index is 11.5. The molecule has 2 rings (SSSR count). The number of amides is 1. The fourth-order valence-electron chi connectivity index (χ4n) is 1.38. The van der Waals surface area contributed by atoms with Crippen molar-refractivity contribution in [1.82, 2.24) is 4.98 Å². The first-order valence-corrected chi connectivity index (χ1v) is 4.72. The normalized spacial score (nSPS) is 16.0. The van der Waals surface area contributed by atoms with Gasteiger partial charge in [0.25, 0.3) is 0 Å². The van der Waals surface area contributed by atoms with Crippen LogP contribution in [0.25, 0.3) is 0 Å². The molecule has 0 aromatic carbocycles. The minimum absolute atomic E-state index is 0.0140. The molecule has 1 saturated carbocycles. The van der Waals surface area contributed by atoms with Crippen LogP contribution in [0.2, 0.25) is 0 Å². The molecule has 1 aromatic rings. The van der Waals surface area contributed by atoms with E-state index in [1.165, 1.54) is 12.3 Å². The molecule has 74 valence electrons. The number of rotatable bonds is 2. The average molecular weight is 192 g/mol. The Labute approximate surface area is 82.0 Å². The van der Waals surface area contributed by atoms with E-state index in [9.17, 15) is 9.90 Å². The molecule has 1 heterocycles. The van der Waals surface area contributed by atoms with Gasteiger partial charge < -0.3 is 10.4 Å². The number of aromatic nitrogens is 1. The molecule has 0 aliphatic heterocycles. The zero-order valence-electron chi connectivity index (χ0n) is 7.73. The van der Waals surface area contributed by atoms with Crippen LogP contribution < -0.4 is 5.32 Å². The van der Waals surface area contributed by atoms with E-state index >= 15 is 0 Å². The molecule has 1 amide bonds. The number of nitrogens with one attached hydrogen (secondary N) is 1. The molecule has 0 atom stereocenters. The van der Waals surface area contributed by atoms with Crippen molar-refractivity contribution < 1.29 is 9.90 Å². The second-order valence-electron chi connectivity index (χ2n) is 3.49. The van der Waals surface area contributed by atoms with Gasteiger partial charge in [-0.05, 0) is 25.0 Å². The second kappa shape index (κ2) is 3.65. The largest absolute Gasteiger partial charge is 0.504 e. The summed E-state index contributed by atoms with van der Waals surface area (Å²) < 4.78 is 0. The van der Waals surface area contributed by atoms with Crippen LogP contribution in [0.1, 0.15) is 19.3 Å². The van der Waals surface area contributed by atoms with Crippen molar-refractivity contribution in [3.63, 3.8) is 0 Å². The van der Waals surface area contributed by atoms with E-state index in [0.29, 0.717) is 0 Å². The standard InChI is InChI=1S/C10H12N2O2/c13-8-5-2-6-11-9(8)12-10(14)7-3-1-4-7/h2,5-7,13H,1,3-4H2,(H,11,12,14). The highest BCUT2D eigenvalue weighted by molar-refractivity contribution is 5.93. The van der Waals surface area contributed by atoms with E-state index < -0.39 is 0 Å². The van der Waals surface area contributed by atoms with Crippen molar-refractivity contribution in [3.05, 3.63) is 18.3 Å². The lowest BCUT2D eigenvalue weighted by Crippen LogP contribution is -2.28. The maximum atomic E-state index is 11.5. The Hall–Kier alpha value is -1.58. The van der Waals surface area contributed by atoms with Gasteiger partial charge in [-0.15, -0.1) is 0 Å². The lowest BCUT2D eigenvalue weighted by atomic mass is 9.85. The number of aromatic hydroxyl groups is 1. The third kappa shape index (κ3) is 1.69. The first kappa shape index (κ1) is 8.99. The van der Waals surface area contributed by atoms with Crippen LogP contribution in [0.3, 0.4) is 0 Å². The molecule has 4 nitrogen and oxygen atoms in total. The van der Waals surface area contributed by atoms with Crippen LogP contribution in [0.15, 0.2) is 18.3 Å². The third-order valence-electron chi connectivity index (χ3n) is 2.50. The van der Waals surface area contributed by atoms with Crippen LogP contribution in [0.4, 0.5) is 5.82 Å². The molecular weight excluding hydrogens is 180 g/mol. The smallest absolute Gasteiger partial charge is 0.228 e. The molecular formula is C10H12N2O2. The molecule has 1 aliphatic rings. The molecule has 0 saturated heterocycles. The molecule has 0 bridgehead atoms. The minimum Gasteiger partial charge on any atom is -0.504 e. The SMILES string of the molecule is O=C(Nc1ncccc1O)C1CCC1. The molecule has 0 radical (unpaired) electrons. The third-order valence-corrected chi connectivity index (χ3v) is 2.50. The van der Waals surface area contributed by atoms with Crippen LogP contribution in [-0.2, 0) is 4.79 Å². The highest BCUT2D eigenvalue weighted by Gasteiger charge is 2.25. The summed E-state index contributed by atoms with van der Waals surface area (Å²) in [5, 5.41) is 12.0. The number of hydrogen-bond acceptors (Lipinski definition) is 3. The summed E-state index contributed by atoms with van der Waals surface area (Å²) in [6.45, 7) is 0. The predicted molar refractivity (Wildman–Crippen MR) is 51.9 cm³/mol. The van der Waals surface area contributed by atoms with Crippen LogP contribution in [0.5, 0.6) is 5.75 Å². The maximum Gasteiger partial charge on any atom is 0.228 e. The number of pyridine rings is 1. The van der Waals surface area contributed by atoms with Crippen LogP contribution in [-0.4, -0.2) is 16.0 Å². The highest BCUT2D eigenvalue weighted by atomic mass is 16.3. The van der Waals surface area contributed by atoms with Crippen LogP contribution >= 0.6 is 0 Å². The second-order valence-corrected chi connectivity index (χ2v) is 3.49.